The van der Waals surface area contributed by atoms with Crippen LogP contribution < -0.4 is 4.74 Å². The summed E-state index contributed by atoms with van der Waals surface area (Å²) in [6.07, 6.45) is 3.09. The molecule has 1 aliphatic heterocycles. The van der Waals surface area contributed by atoms with Gasteiger partial charge in [-0.3, -0.25) is 4.79 Å². The van der Waals surface area contributed by atoms with Gasteiger partial charge in [0.05, 0.1) is 12.1 Å². The van der Waals surface area contributed by atoms with Crippen molar-refractivity contribution in [1.82, 2.24) is 9.88 Å². The lowest BCUT2D eigenvalue weighted by Gasteiger charge is -2.16. The van der Waals surface area contributed by atoms with E-state index in [1.165, 1.54) is 0 Å². The highest BCUT2D eigenvalue weighted by molar-refractivity contribution is 5.81. The summed E-state index contributed by atoms with van der Waals surface area (Å²) < 4.78 is 5.96. The van der Waals surface area contributed by atoms with Gasteiger partial charge in [-0.25, -0.2) is 4.98 Å². The van der Waals surface area contributed by atoms with Crippen LogP contribution in [0.25, 0.3) is 10.9 Å². The van der Waals surface area contributed by atoms with Crippen LogP contribution in [0.15, 0.2) is 36.4 Å². The molecule has 1 saturated heterocycles. The van der Waals surface area contributed by atoms with Crippen molar-refractivity contribution in [3.05, 3.63) is 36.4 Å². The van der Waals surface area contributed by atoms with Crippen molar-refractivity contribution in [2.24, 2.45) is 5.92 Å². The topological polar surface area (TPSA) is 42.4 Å². The highest BCUT2D eigenvalue weighted by Gasteiger charge is 2.37. The molecule has 4 nitrogen and oxygen atoms in total. The molecule has 1 aromatic carbocycles. The molecule has 0 radical (unpaired) electrons. The second kappa shape index (κ2) is 5.02. The molecule has 1 amide bonds. The largest absolute Gasteiger partial charge is 0.472 e. The fourth-order valence-electron chi connectivity index (χ4n) is 2.90. The van der Waals surface area contributed by atoms with Gasteiger partial charge in [0.2, 0.25) is 11.8 Å². The molecule has 1 unspecified atom stereocenters. The molecule has 2 aromatic rings. The molecule has 1 aliphatic carbocycles. The number of carbonyl (C=O) groups is 1. The molecule has 2 fully saturated rings. The highest BCUT2D eigenvalue weighted by atomic mass is 16.5. The highest BCUT2D eigenvalue weighted by Crippen LogP contribution is 2.32. The summed E-state index contributed by atoms with van der Waals surface area (Å²) in [6.45, 7) is 1.51. The van der Waals surface area contributed by atoms with Gasteiger partial charge < -0.3 is 9.64 Å². The van der Waals surface area contributed by atoms with E-state index in [1.807, 2.05) is 41.3 Å². The molecule has 1 saturated carbocycles. The van der Waals surface area contributed by atoms with E-state index in [1.54, 1.807) is 0 Å². The van der Waals surface area contributed by atoms with Gasteiger partial charge >= 0.3 is 0 Å². The van der Waals surface area contributed by atoms with Crippen molar-refractivity contribution in [3.8, 4) is 5.88 Å². The second-order valence-electron chi connectivity index (χ2n) is 5.93. The van der Waals surface area contributed by atoms with Gasteiger partial charge in [0.25, 0.3) is 0 Å². The zero-order valence-corrected chi connectivity index (χ0v) is 11.9. The average Bonchev–Trinajstić information content (AvgIpc) is 3.26. The Labute approximate surface area is 123 Å². The maximum Gasteiger partial charge on any atom is 0.225 e. The van der Waals surface area contributed by atoms with Gasteiger partial charge in [-0.1, -0.05) is 18.2 Å². The molecular weight excluding hydrogens is 264 g/mol. The SMILES string of the molecule is O=C(C1CC1)N1CCC(Oc2ccc3ccccc3n2)C1. The van der Waals surface area contributed by atoms with Gasteiger partial charge in [-0.05, 0) is 25.0 Å². The fraction of sp³-hybridized carbons (Fsp3) is 0.412. The first-order valence-electron chi connectivity index (χ1n) is 7.61. The predicted octanol–water partition coefficient (Wildman–Crippen LogP) is 2.62. The third-order valence-corrected chi connectivity index (χ3v) is 4.24. The molecule has 0 N–H and O–H groups in total. The van der Waals surface area contributed by atoms with Crippen molar-refractivity contribution >= 4 is 16.8 Å². The van der Waals surface area contributed by atoms with Crippen molar-refractivity contribution in [1.29, 1.82) is 0 Å². The lowest BCUT2D eigenvalue weighted by molar-refractivity contribution is -0.131. The van der Waals surface area contributed by atoms with Crippen LogP contribution in [0.1, 0.15) is 19.3 Å². The number of para-hydroxylation sites is 1. The smallest absolute Gasteiger partial charge is 0.225 e. The zero-order valence-electron chi connectivity index (χ0n) is 11.9. The van der Waals surface area contributed by atoms with E-state index in [-0.39, 0.29) is 6.10 Å². The van der Waals surface area contributed by atoms with Crippen LogP contribution in [-0.2, 0) is 4.79 Å². The number of hydrogen-bond acceptors (Lipinski definition) is 3. The van der Waals surface area contributed by atoms with E-state index >= 15 is 0 Å². The standard InChI is InChI=1S/C17H18N2O2/c20-17(13-5-6-13)19-10-9-14(11-19)21-16-8-7-12-3-1-2-4-15(12)18-16/h1-4,7-8,13-14H,5-6,9-11H2. The van der Waals surface area contributed by atoms with E-state index < -0.39 is 0 Å². The minimum absolute atomic E-state index is 0.0707. The van der Waals surface area contributed by atoms with E-state index in [4.69, 9.17) is 4.74 Å². The Morgan fingerprint density at radius 1 is 1.14 bits per heavy atom. The lowest BCUT2D eigenvalue weighted by atomic mass is 10.2. The van der Waals surface area contributed by atoms with Crippen LogP contribution in [0, 0.1) is 5.92 Å². The molecule has 1 aromatic heterocycles. The number of amides is 1. The quantitative estimate of drug-likeness (QED) is 0.869. The molecule has 2 aliphatic rings. The molecule has 4 rings (SSSR count). The molecule has 4 heteroatoms. The van der Waals surface area contributed by atoms with Crippen molar-refractivity contribution < 1.29 is 9.53 Å². The number of nitrogens with zero attached hydrogens (tertiary/aromatic N) is 2. The Morgan fingerprint density at radius 3 is 2.86 bits per heavy atom. The molecule has 0 bridgehead atoms. The summed E-state index contributed by atoms with van der Waals surface area (Å²) in [5.41, 5.74) is 0.943. The van der Waals surface area contributed by atoms with Gasteiger partial charge in [0.1, 0.15) is 6.10 Å². The molecule has 21 heavy (non-hydrogen) atoms. The van der Waals surface area contributed by atoms with Gasteiger partial charge in [0.15, 0.2) is 0 Å². The number of carbonyl (C=O) groups excluding carboxylic acids is 1. The lowest BCUT2D eigenvalue weighted by Crippen LogP contribution is -2.32. The van der Waals surface area contributed by atoms with Crippen LogP contribution in [0.4, 0.5) is 0 Å². The molecule has 1 atom stereocenters. The third-order valence-electron chi connectivity index (χ3n) is 4.24. The first-order valence-corrected chi connectivity index (χ1v) is 7.61. The summed E-state index contributed by atoms with van der Waals surface area (Å²) in [6, 6.07) is 11.9. The number of aromatic nitrogens is 1. The second-order valence-corrected chi connectivity index (χ2v) is 5.93. The number of benzene rings is 1. The number of likely N-dealkylation sites (tertiary alicyclic amines) is 1. The molecule has 2 heterocycles. The molecular formula is C17H18N2O2. The van der Waals surface area contributed by atoms with Crippen LogP contribution in [-0.4, -0.2) is 35.0 Å². The first kappa shape index (κ1) is 12.6. The maximum absolute atomic E-state index is 12.0. The van der Waals surface area contributed by atoms with Crippen LogP contribution in [0.2, 0.25) is 0 Å². The van der Waals surface area contributed by atoms with Crippen molar-refractivity contribution in [3.63, 3.8) is 0 Å². The summed E-state index contributed by atoms with van der Waals surface area (Å²) in [5, 5.41) is 1.11. The number of pyridine rings is 1. The maximum atomic E-state index is 12.0. The summed E-state index contributed by atoms with van der Waals surface area (Å²) in [5.74, 6) is 1.26. The third kappa shape index (κ3) is 2.58. The van der Waals surface area contributed by atoms with Gasteiger partial charge in [-0.15, -0.1) is 0 Å². The molecule has 0 spiro atoms. The average molecular weight is 282 g/mol. The Kier molecular flexibility index (Phi) is 3.02. The van der Waals surface area contributed by atoms with E-state index in [0.29, 0.717) is 24.2 Å². The zero-order chi connectivity index (χ0) is 14.2. The van der Waals surface area contributed by atoms with Gasteiger partial charge in [-0.2, -0.15) is 0 Å². The number of rotatable bonds is 3. The normalized spacial score (nSPS) is 21.7. The number of fused-ring (bicyclic) bond motifs is 1. The first-order chi connectivity index (χ1) is 10.3. The Balaban J connectivity index is 1.44. The van der Waals surface area contributed by atoms with Crippen LogP contribution in [0.3, 0.4) is 0 Å². The molecule has 108 valence electrons. The summed E-state index contributed by atoms with van der Waals surface area (Å²) >= 11 is 0. The number of ether oxygens (including phenoxy) is 1. The minimum Gasteiger partial charge on any atom is -0.472 e. The fourth-order valence-corrected chi connectivity index (χ4v) is 2.90. The summed E-state index contributed by atoms with van der Waals surface area (Å²) in [4.78, 5) is 18.5. The van der Waals surface area contributed by atoms with E-state index in [2.05, 4.69) is 4.98 Å². The minimum atomic E-state index is 0.0707. The van der Waals surface area contributed by atoms with Crippen LogP contribution in [0.5, 0.6) is 5.88 Å². The number of hydrogen-bond donors (Lipinski definition) is 0. The van der Waals surface area contributed by atoms with Crippen molar-refractivity contribution in [2.45, 2.75) is 25.4 Å². The summed E-state index contributed by atoms with van der Waals surface area (Å²) in [7, 11) is 0. The predicted molar refractivity (Wildman–Crippen MR) is 80.1 cm³/mol. The van der Waals surface area contributed by atoms with E-state index in [9.17, 15) is 4.79 Å². The van der Waals surface area contributed by atoms with Crippen LogP contribution >= 0.6 is 0 Å². The van der Waals surface area contributed by atoms with Gasteiger partial charge in [0, 0.05) is 30.3 Å². The Morgan fingerprint density at radius 2 is 2.00 bits per heavy atom. The van der Waals surface area contributed by atoms with E-state index in [0.717, 1.165) is 36.7 Å². The monoisotopic (exact) mass is 282 g/mol. The van der Waals surface area contributed by atoms with Crippen molar-refractivity contribution in [2.75, 3.05) is 13.1 Å². The Hall–Kier alpha value is -2.10. The Bertz CT molecular complexity index is 681.